The van der Waals surface area contributed by atoms with Crippen LogP contribution in [-0.2, 0) is 25.6 Å². The molecule has 0 saturated heterocycles. The molecule has 0 heterocycles. The fourth-order valence-electron chi connectivity index (χ4n) is 2.18. The van der Waals surface area contributed by atoms with E-state index in [2.05, 4.69) is 21.3 Å². The summed E-state index contributed by atoms with van der Waals surface area (Å²) in [6.45, 7) is 8.96. The highest BCUT2D eigenvalue weighted by Crippen LogP contribution is 2.03. The van der Waals surface area contributed by atoms with E-state index >= 15 is 0 Å². The van der Waals surface area contributed by atoms with Gasteiger partial charge in [0.25, 0.3) is 0 Å². The molecule has 4 N–H and O–H groups in total. The van der Waals surface area contributed by atoms with E-state index in [4.69, 9.17) is 0 Å². The number of hydrogen-bond donors (Lipinski definition) is 4. The standard InChI is InChI=1S/C19H28N4O4.C2H6.4H2/c1-13(2)20-11-17(25)21-12-18(26)23-16(19(27)22-10-14(3)24)9-15-7-5-4-6-8-15;1-2;;;;/h4-8,13,16,20H,9-12H2,1-3H3,(H,21,25)(H,22,27)(H,23,26);1-2H3;4*1H/t16-;;;;;/m0...../s1. The minimum atomic E-state index is -0.843. The number of carbonyl (C=O) groups is 4. The normalized spacial score (nSPS) is 11.0. The topological polar surface area (TPSA) is 116 Å². The van der Waals surface area contributed by atoms with Crippen molar-refractivity contribution in [3.8, 4) is 0 Å². The summed E-state index contributed by atoms with van der Waals surface area (Å²) in [7, 11) is 0. The molecule has 1 atom stereocenters. The zero-order valence-corrected chi connectivity index (χ0v) is 18.0. The van der Waals surface area contributed by atoms with Crippen LogP contribution in [-0.4, -0.2) is 55.2 Å². The molecule has 8 nitrogen and oxygen atoms in total. The minimum Gasteiger partial charge on any atom is -0.347 e. The average Bonchev–Trinajstić information content (AvgIpc) is 2.70. The molecule has 0 bridgehead atoms. The fourth-order valence-corrected chi connectivity index (χ4v) is 2.18. The van der Waals surface area contributed by atoms with Crippen molar-refractivity contribution < 1.29 is 24.9 Å². The fraction of sp³-hybridized carbons (Fsp3) is 0.524. The number of rotatable bonds is 11. The summed E-state index contributed by atoms with van der Waals surface area (Å²) in [5, 5.41) is 10.6. The molecule has 29 heavy (non-hydrogen) atoms. The number of carbonyl (C=O) groups excluding carboxylic acids is 4. The van der Waals surface area contributed by atoms with E-state index in [1.807, 2.05) is 58.0 Å². The van der Waals surface area contributed by atoms with Crippen molar-refractivity contribution in [3.63, 3.8) is 0 Å². The van der Waals surface area contributed by atoms with Gasteiger partial charge in [-0.15, -0.1) is 0 Å². The van der Waals surface area contributed by atoms with E-state index in [9.17, 15) is 19.2 Å². The van der Waals surface area contributed by atoms with Crippen LogP contribution in [0.25, 0.3) is 0 Å². The van der Waals surface area contributed by atoms with Crippen molar-refractivity contribution in [2.45, 2.75) is 53.1 Å². The Morgan fingerprint density at radius 2 is 1.52 bits per heavy atom. The molecule has 3 amide bonds. The first-order valence-corrected chi connectivity index (χ1v) is 9.88. The Bertz CT molecular complexity index is 665. The van der Waals surface area contributed by atoms with Crippen LogP contribution in [0.2, 0.25) is 0 Å². The number of benzene rings is 1. The lowest BCUT2D eigenvalue weighted by Gasteiger charge is -2.18. The highest BCUT2D eigenvalue weighted by atomic mass is 16.2. The first kappa shape index (κ1) is 26.3. The van der Waals surface area contributed by atoms with Crippen LogP contribution in [0.3, 0.4) is 0 Å². The Balaban J connectivity index is -0.000000423. The molecule has 1 aromatic rings. The second-order valence-electron chi connectivity index (χ2n) is 6.54. The van der Waals surface area contributed by atoms with E-state index in [0.717, 1.165) is 5.56 Å². The molecule has 8 heteroatoms. The van der Waals surface area contributed by atoms with E-state index in [0.29, 0.717) is 0 Å². The van der Waals surface area contributed by atoms with E-state index in [1.165, 1.54) is 6.92 Å². The monoisotopic (exact) mass is 414 g/mol. The lowest BCUT2D eigenvalue weighted by atomic mass is 10.1. The highest BCUT2D eigenvalue weighted by molar-refractivity contribution is 5.92. The van der Waals surface area contributed by atoms with Gasteiger partial charge in [-0.25, -0.2) is 0 Å². The van der Waals surface area contributed by atoms with Crippen molar-refractivity contribution in [1.29, 1.82) is 0 Å². The molecule has 0 aromatic heterocycles. The predicted molar refractivity (Wildman–Crippen MR) is 122 cm³/mol. The summed E-state index contributed by atoms with van der Waals surface area (Å²) in [6.07, 6.45) is 0.277. The number of amides is 3. The van der Waals surface area contributed by atoms with Crippen LogP contribution >= 0.6 is 0 Å². The van der Waals surface area contributed by atoms with Crippen LogP contribution in [0.15, 0.2) is 30.3 Å². The Morgan fingerprint density at radius 1 is 0.897 bits per heavy atom. The Kier molecular flexibility index (Phi) is 13.8. The molecule has 0 spiro atoms. The van der Waals surface area contributed by atoms with Crippen molar-refractivity contribution in [2.24, 2.45) is 0 Å². The average molecular weight is 415 g/mol. The lowest BCUT2D eigenvalue weighted by molar-refractivity contribution is -0.130. The Hall–Kier alpha value is -2.74. The van der Waals surface area contributed by atoms with Crippen molar-refractivity contribution in [2.75, 3.05) is 19.6 Å². The van der Waals surface area contributed by atoms with E-state index < -0.39 is 17.9 Å². The molecule has 0 unspecified atom stereocenters. The molecular formula is C21H42N4O4. The van der Waals surface area contributed by atoms with Gasteiger partial charge in [0.2, 0.25) is 17.7 Å². The van der Waals surface area contributed by atoms with Crippen LogP contribution < -0.4 is 21.3 Å². The summed E-state index contributed by atoms with van der Waals surface area (Å²) in [5.41, 5.74) is 0.867. The second kappa shape index (κ2) is 15.2. The van der Waals surface area contributed by atoms with E-state index in [-0.39, 0.29) is 49.5 Å². The zero-order valence-electron chi connectivity index (χ0n) is 18.0. The third-order valence-corrected chi connectivity index (χ3v) is 3.56. The molecule has 0 saturated carbocycles. The molecule has 1 aromatic carbocycles. The molecular weight excluding hydrogens is 372 g/mol. The lowest BCUT2D eigenvalue weighted by Crippen LogP contribution is -2.51. The van der Waals surface area contributed by atoms with Crippen LogP contribution in [0.5, 0.6) is 0 Å². The molecule has 0 radical (unpaired) electrons. The Labute approximate surface area is 179 Å². The summed E-state index contributed by atoms with van der Waals surface area (Å²) in [5.74, 6) is -1.42. The van der Waals surface area contributed by atoms with E-state index in [1.54, 1.807) is 0 Å². The predicted octanol–water partition coefficient (Wildman–Crippen LogP) is 1.54. The summed E-state index contributed by atoms with van der Waals surface area (Å²) in [6, 6.07) is 8.53. The van der Waals surface area contributed by atoms with Gasteiger partial charge < -0.3 is 21.3 Å². The first-order valence-electron chi connectivity index (χ1n) is 9.88. The van der Waals surface area contributed by atoms with Gasteiger partial charge >= 0.3 is 0 Å². The summed E-state index contributed by atoms with van der Waals surface area (Å²) >= 11 is 0. The van der Waals surface area contributed by atoms with Gasteiger partial charge in [-0.2, -0.15) is 0 Å². The molecule has 1 rings (SSSR count). The van der Waals surface area contributed by atoms with Crippen molar-refractivity contribution in [1.82, 2.24) is 21.3 Å². The second-order valence-corrected chi connectivity index (χ2v) is 6.54. The van der Waals surface area contributed by atoms with Gasteiger partial charge in [-0.05, 0) is 12.5 Å². The molecule has 0 aliphatic rings. The maximum Gasteiger partial charge on any atom is 0.243 e. The van der Waals surface area contributed by atoms with Gasteiger partial charge in [-0.3, -0.25) is 19.2 Å². The third kappa shape index (κ3) is 13.1. The smallest absolute Gasteiger partial charge is 0.243 e. The van der Waals surface area contributed by atoms with Gasteiger partial charge in [0.15, 0.2) is 0 Å². The van der Waals surface area contributed by atoms with Gasteiger partial charge in [0.1, 0.15) is 11.8 Å². The van der Waals surface area contributed by atoms with Crippen molar-refractivity contribution >= 4 is 23.5 Å². The SMILES string of the molecule is CC.CC(=O)CNC(=O)[C@H](Cc1ccccc1)NC(=O)CNC(=O)CNC(C)C.[HH].[HH].[HH].[HH]. The summed E-state index contributed by atoms with van der Waals surface area (Å²) in [4.78, 5) is 47.2. The highest BCUT2D eigenvalue weighted by Gasteiger charge is 2.21. The van der Waals surface area contributed by atoms with Gasteiger partial charge in [0.05, 0.1) is 19.6 Å². The third-order valence-electron chi connectivity index (χ3n) is 3.56. The van der Waals surface area contributed by atoms with Crippen molar-refractivity contribution in [3.05, 3.63) is 35.9 Å². The Morgan fingerprint density at radius 3 is 2.07 bits per heavy atom. The number of Topliss-reactive ketones (excluding diaryl/α,β-unsaturated/α-hetero) is 1. The number of nitrogens with one attached hydrogen (secondary N) is 4. The zero-order chi connectivity index (χ0) is 22.2. The maximum atomic E-state index is 12.3. The molecule has 0 aliphatic heterocycles. The molecule has 0 aliphatic carbocycles. The first-order chi connectivity index (χ1) is 13.8. The number of ketones is 1. The molecule has 170 valence electrons. The van der Waals surface area contributed by atoms with Crippen LogP contribution in [0.1, 0.15) is 45.9 Å². The quantitative estimate of drug-likeness (QED) is 0.438. The van der Waals surface area contributed by atoms with Gasteiger partial charge in [0, 0.05) is 18.2 Å². The van der Waals surface area contributed by atoms with Gasteiger partial charge in [-0.1, -0.05) is 58.0 Å². The summed E-state index contributed by atoms with van der Waals surface area (Å²) < 4.78 is 0. The van der Waals surface area contributed by atoms with Crippen LogP contribution in [0.4, 0.5) is 0 Å². The molecule has 0 fully saturated rings. The maximum absolute atomic E-state index is 12.3. The minimum absolute atomic E-state index is 0. The van der Waals surface area contributed by atoms with Crippen LogP contribution in [0, 0.1) is 0 Å². The largest absolute Gasteiger partial charge is 0.347 e. The number of hydrogen-bond acceptors (Lipinski definition) is 5.